The van der Waals surface area contributed by atoms with Crippen molar-refractivity contribution < 1.29 is 4.74 Å². The minimum Gasteiger partial charge on any atom is -0.489 e. The normalized spacial score (nSPS) is 12.8. The van der Waals surface area contributed by atoms with Crippen LogP contribution < -0.4 is 15.4 Å². The highest BCUT2D eigenvalue weighted by Gasteiger charge is 2.08. The van der Waals surface area contributed by atoms with Crippen molar-refractivity contribution in [3.63, 3.8) is 0 Å². The molecule has 1 unspecified atom stereocenters. The molecule has 0 saturated carbocycles. The van der Waals surface area contributed by atoms with Gasteiger partial charge in [-0.1, -0.05) is 18.2 Å². The first-order chi connectivity index (χ1) is 12.0. The first-order valence-corrected chi connectivity index (χ1v) is 9.41. The van der Waals surface area contributed by atoms with Crippen LogP contribution in [-0.4, -0.2) is 37.2 Å². The summed E-state index contributed by atoms with van der Waals surface area (Å²) in [6, 6.07) is 8.06. The van der Waals surface area contributed by atoms with Crippen LogP contribution in [0.15, 0.2) is 29.3 Å². The summed E-state index contributed by atoms with van der Waals surface area (Å²) in [4.78, 5) is 10.1. The number of nitrogens with zero attached hydrogens (tertiary/aromatic N) is 2. The van der Waals surface area contributed by atoms with Gasteiger partial charge in [-0.15, -0.1) is 11.3 Å². The molecule has 1 aromatic carbocycles. The zero-order chi connectivity index (χ0) is 18.2. The summed E-state index contributed by atoms with van der Waals surface area (Å²) in [5.74, 6) is 1.72. The molecule has 136 valence electrons. The number of rotatable bonds is 7. The average Bonchev–Trinajstić information content (AvgIpc) is 2.90. The lowest BCUT2D eigenvalue weighted by Gasteiger charge is -2.18. The standard InChI is InChI=1S/C19H28N4OS/c1-13-8-6-7-9-17(13)24-14(2)12-22-19(20-5)21-11-10-18-15(3)23-16(4)25-18/h6-9,14H,10-12H2,1-5H3,(H2,20,21,22). The molecule has 25 heavy (non-hydrogen) atoms. The van der Waals surface area contributed by atoms with Crippen LogP contribution in [0.4, 0.5) is 0 Å². The van der Waals surface area contributed by atoms with Crippen LogP contribution in [0, 0.1) is 20.8 Å². The van der Waals surface area contributed by atoms with Gasteiger partial charge in [-0.3, -0.25) is 4.99 Å². The number of thiazole rings is 1. The molecule has 5 nitrogen and oxygen atoms in total. The third-order valence-corrected chi connectivity index (χ3v) is 4.98. The first-order valence-electron chi connectivity index (χ1n) is 8.59. The lowest BCUT2D eigenvalue weighted by molar-refractivity contribution is 0.222. The number of hydrogen-bond acceptors (Lipinski definition) is 4. The molecule has 1 atom stereocenters. The number of aliphatic imine (C=N–C) groups is 1. The van der Waals surface area contributed by atoms with Crippen molar-refractivity contribution in [1.29, 1.82) is 0 Å². The number of nitrogens with one attached hydrogen (secondary N) is 2. The Morgan fingerprint density at radius 3 is 2.64 bits per heavy atom. The Morgan fingerprint density at radius 2 is 2.00 bits per heavy atom. The fraction of sp³-hybridized carbons (Fsp3) is 0.474. The third-order valence-electron chi connectivity index (χ3n) is 3.85. The second kappa shape index (κ2) is 9.42. The summed E-state index contributed by atoms with van der Waals surface area (Å²) in [5.41, 5.74) is 2.28. The molecule has 0 aliphatic carbocycles. The first kappa shape index (κ1) is 19.2. The number of hydrogen-bond donors (Lipinski definition) is 2. The molecule has 2 N–H and O–H groups in total. The van der Waals surface area contributed by atoms with E-state index in [0.29, 0.717) is 6.54 Å². The van der Waals surface area contributed by atoms with Gasteiger partial charge in [-0.05, 0) is 39.3 Å². The van der Waals surface area contributed by atoms with Gasteiger partial charge >= 0.3 is 0 Å². The number of aryl methyl sites for hydroxylation is 3. The minimum atomic E-state index is 0.0473. The number of aromatic nitrogens is 1. The molecule has 2 rings (SSSR count). The van der Waals surface area contributed by atoms with Gasteiger partial charge in [-0.2, -0.15) is 0 Å². The van der Waals surface area contributed by atoms with Crippen LogP contribution in [0.3, 0.4) is 0 Å². The number of guanidine groups is 1. The molecular weight excluding hydrogens is 332 g/mol. The highest BCUT2D eigenvalue weighted by molar-refractivity contribution is 7.11. The largest absolute Gasteiger partial charge is 0.489 e. The van der Waals surface area contributed by atoms with Crippen LogP contribution in [0.2, 0.25) is 0 Å². The Kier molecular flexibility index (Phi) is 7.25. The monoisotopic (exact) mass is 360 g/mol. The Morgan fingerprint density at radius 1 is 1.24 bits per heavy atom. The van der Waals surface area contributed by atoms with Crippen molar-refractivity contribution >= 4 is 17.3 Å². The zero-order valence-electron chi connectivity index (χ0n) is 15.7. The van der Waals surface area contributed by atoms with Gasteiger partial charge in [0.1, 0.15) is 11.9 Å². The molecule has 1 heterocycles. The van der Waals surface area contributed by atoms with Crippen LogP contribution in [-0.2, 0) is 6.42 Å². The van der Waals surface area contributed by atoms with E-state index in [1.165, 1.54) is 4.88 Å². The fourth-order valence-corrected chi connectivity index (χ4v) is 3.44. The smallest absolute Gasteiger partial charge is 0.191 e. The van der Waals surface area contributed by atoms with E-state index in [9.17, 15) is 0 Å². The van der Waals surface area contributed by atoms with Crippen LogP contribution in [0.25, 0.3) is 0 Å². The Balaban J connectivity index is 1.74. The Labute approximate surface area is 154 Å². The molecular formula is C19H28N4OS. The van der Waals surface area contributed by atoms with E-state index in [2.05, 4.69) is 47.4 Å². The minimum absolute atomic E-state index is 0.0473. The molecule has 2 aromatic rings. The maximum Gasteiger partial charge on any atom is 0.191 e. The van der Waals surface area contributed by atoms with Gasteiger partial charge in [-0.25, -0.2) is 4.98 Å². The maximum atomic E-state index is 5.98. The van der Waals surface area contributed by atoms with E-state index in [1.807, 2.05) is 25.1 Å². The van der Waals surface area contributed by atoms with E-state index in [4.69, 9.17) is 4.74 Å². The molecule has 0 fully saturated rings. The molecule has 0 saturated heterocycles. The quantitative estimate of drug-likeness (QED) is 0.588. The SMILES string of the molecule is CN=C(NCCc1sc(C)nc1C)NCC(C)Oc1ccccc1C. The van der Waals surface area contributed by atoms with Crippen LogP contribution >= 0.6 is 11.3 Å². The number of ether oxygens (including phenoxy) is 1. The van der Waals surface area contributed by atoms with Crippen LogP contribution in [0.1, 0.15) is 28.1 Å². The number of benzene rings is 1. The summed E-state index contributed by atoms with van der Waals surface area (Å²) < 4.78 is 5.98. The Hall–Kier alpha value is -2.08. The summed E-state index contributed by atoms with van der Waals surface area (Å²) >= 11 is 1.76. The predicted octanol–water partition coefficient (Wildman–Crippen LogP) is 3.24. The van der Waals surface area contributed by atoms with Crippen molar-refractivity contribution in [2.24, 2.45) is 4.99 Å². The van der Waals surface area contributed by atoms with E-state index in [-0.39, 0.29) is 6.10 Å². The van der Waals surface area contributed by atoms with E-state index < -0.39 is 0 Å². The van der Waals surface area contributed by atoms with Gasteiger partial charge in [0.15, 0.2) is 5.96 Å². The van der Waals surface area contributed by atoms with E-state index >= 15 is 0 Å². The highest BCUT2D eigenvalue weighted by Crippen LogP contribution is 2.18. The Bertz CT molecular complexity index is 711. The second-order valence-electron chi connectivity index (χ2n) is 6.07. The molecule has 0 amide bonds. The average molecular weight is 361 g/mol. The van der Waals surface area contributed by atoms with Gasteiger partial charge in [0.25, 0.3) is 0 Å². The molecule has 0 bridgehead atoms. The highest BCUT2D eigenvalue weighted by atomic mass is 32.1. The van der Waals surface area contributed by atoms with Crippen molar-refractivity contribution in [2.75, 3.05) is 20.1 Å². The van der Waals surface area contributed by atoms with Gasteiger partial charge < -0.3 is 15.4 Å². The molecule has 0 aliphatic rings. The molecule has 6 heteroatoms. The lowest BCUT2D eigenvalue weighted by atomic mass is 10.2. The lowest BCUT2D eigenvalue weighted by Crippen LogP contribution is -2.42. The van der Waals surface area contributed by atoms with Crippen molar-refractivity contribution in [3.05, 3.63) is 45.4 Å². The third kappa shape index (κ3) is 6.05. The molecule has 1 aromatic heterocycles. The predicted molar refractivity (Wildman–Crippen MR) is 106 cm³/mol. The zero-order valence-corrected chi connectivity index (χ0v) is 16.5. The van der Waals surface area contributed by atoms with Crippen molar-refractivity contribution in [3.8, 4) is 5.75 Å². The summed E-state index contributed by atoms with van der Waals surface area (Å²) in [5, 5.41) is 7.79. The van der Waals surface area contributed by atoms with Crippen molar-refractivity contribution in [2.45, 2.75) is 40.2 Å². The van der Waals surface area contributed by atoms with Gasteiger partial charge in [0.05, 0.1) is 17.2 Å². The number of para-hydroxylation sites is 1. The topological polar surface area (TPSA) is 58.5 Å². The van der Waals surface area contributed by atoms with Crippen molar-refractivity contribution in [1.82, 2.24) is 15.6 Å². The second-order valence-corrected chi connectivity index (χ2v) is 7.35. The van der Waals surface area contributed by atoms with E-state index in [1.54, 1.807) is 18.4 Å². The summed E-state index contributed by atoms with van der Waals surface area (Å²) in [7, 11) is 1.78. The van der Waals surface area contributed by atoms with Crippen LogP contribution in [0.5, 0.6) is 5.75 Å². The summed E-state index contributed by atoms with van der Waals surface area (Å²) in [6.45, 7) is 9.73. The van der Waals surface area contributed by atoms with Gasteiger partial charge in [0.2, 0.25) is 0 Å². The maximum absolute atomic E-state index is 5.98. The fourth-order valence-electron chi connectivity index (χ4n) is 2.51. The van der Waals surface area contributed by atoms with Gasteiger partial charge in [0, 0.05) is 24.9 Å². The molecule has 0 aliphatic heterocycles. The van der Waals surface area contributed by atoms with E-state index in [0.717, 1.165) is 40.9 Å². The molecule has 0 spiro atoms. The summed E-state index contributed by atoms with van der Waals surface area (Å²) in [6.07, 6.45) is 0.999. The molecule has 0 radical (unpaired) electrons.